The molecule has 0 aliphatic carbocycles. The van der Waals surface area contributed by atoms with Crippen molar-refractivity contribution >= 4 is 0 Å². The molecule has 1 N–H and O–H groups in total. The molecular weight excluding hydrogens is 290 g/mol. The first-order valence-corrected chi connectivity index (χ1v) is 8.16. The van der Waals surface area contributed by atoms with Crippen molar-refractivity contribution in [1.82, 2.24) is 15.2 Å². The van der Waals surface area contributed by atoms with Crippen molar-refractivity contribution in [1.29, 1.82) is 0 Å². The molecule has 0 spiro atoms. The van der Waals surface area contributed by atoms with E-state index in [2.05, 4.69) is 33.4 Å². The van der Waals surface area contributed by atoms with E-state index < -0.39 is 0 Å². The molecule has 2 aliphatic rings. The van der Waals surface area contributed by atoms with Crippen LogP contribution in [0.4, 0.5) is 0 Å². The number of pyridine rings is 1. The Balaban J connectivity index is 1.72. The fourth-order valence-corrected chi connectivity index (χ4v) is 3.36. The highest BCUT2D eigenvalue weighted by Crippen LogP contribution is 2.37. The molecule has 120 valence electrons. The van der Waals surface area contributed by atoms with Crippen molar-refractivity contribution < 1.29 is 9.47 Å². The number of aromatic nitrogens is 1. The lowest BCUT2D eigenvalue weighted by atomic mass is 9.97. The van der Waals surface area contributed by atoms with Gasteiger partial charge in [-0.2, -0.15) is 0 Å². The van der Waals surface area contributed by atoms with Gasteiger partial charge in [0.2, 0.25) is 6.79 Å². The van der Waals surface area contributed by atoms with Gasteiger partial charge in [-0.15, -0.1) is 0 Å². The first-order valence-electron chi connectivity index (χ1n) is 8.16. The Labute approximate surface area is 136 Å². The molecule has 1 fully saturated rings. The smallest absolute Gasteiger partial charge is 0.231 e. The Morgan fingerprint density at radius 2 is 2.00 bits per heavy atom. The third-order valence-electron chi connectivity index (χ3n) is 4.45. The van der Waals surface area contributed by atoms with Crippen molar-refractivity contribution in [3.05, 3.63) is 53.9 Å². The maximum atomic E-state index is 5.57. The maximum Gasteiger partial charge on any atom is 0.231 e. The van der Waals surface area contributed by atoms with Gasteiger partial charge < -0.3 is 14.8 Å². The van der Waals surface area contributed by atoms with Crippen LogP contribution in [-0.2, 0) is 0 Å². The van der Waals surface area contributed by atoms with Crippen LogP contribution in [0.15, 0.2) is 42.7 Å². The summed E-state index contributed by atoms with van der Waals surface area (Å²) in [6, 6.07) is 10.6. The largest absolute Gasteiger partial charge is 0.454 e. The number of rotatable bonds is 3. The molecule has 0 saturated carbocycles. The van der Waals surface area contributed by atoms with Crippen LogP contribution >= 0.6 is 0 Å². The average Bonchev–Trinajstić information content (AvgIpc) is 2.90. The van der Waals surface area contributed by atoms with Crippen LogP contribution in [0.5, 0.6) is 11.5 Å². The summed E-state index contributed by atoms with van der Waals surface area (Å²) in [6.45, 7) is 4.50. The second-order valence-corrected chi connectivity index (χ2v) is 5.94. The number of hydrogen-bond acceptors (Lipinski definition) is 5. The molecule has 5 heteroatoms. The molecule has 1 aromatic heterocycles. The van der Waals surface area contributed by atoms with Crippen molar-refractivity contribution in [3.8, 4) is 11.5 Å². The summed E-state index contributed by atoms with van der Waals surface area (Å²) in [5.74, 6) is 1.67. The van der Waals surface area contributed by atoms with Crippen LogP contribution in [0.3, 0.4) is 0 Å². The Bertz CT molecular complexity index is 655. The van der Waals surface area contributed by atoms with Crippen molar-refractivity contribution in [2.24, 2.45) is 0 Å². The van der Waals surface area contributed by atoms with E-state index in [9.17, 15) is 0 Å². The summed E-state index contributed by atoms with van der Waals surface area (Å²) in [5.41, 5.74) is 2.44. The first kappa shape index (κ1) is 14.5. The quantitative estimate of drug-likeness (QED) is 0.941. The number of hydrogen-bond donors (Lipinski definition) is 1. The predicted molar refractivity (Wildman–Crippen MR) is 87.7 cm³/mol. The molecule has 3 heterocycles. The third-order valence-corrected chi connectivity index (χ3v) is 4.45. The molecule has 1 saturated heterocycles. The minimum absolute atomic E-state index is 0.193. The van der Waals surface area contributed by atoms with Crippen LogP contribution in [-0.4, -0.2) is 42.9 Å². The van der Waals surface area contributed by atoms with Gasteiger partial charge in [-0.3, -0.25) is 9.88 Å². The number of fused-ring (bicyclic) bond motifs is 1. The number of nitrogens with zero attached hydrogens (tertiary/aromatic N) is 2. The summed E-state index contributed by atoms with van der Waals surface area (Å²) in [4.78, 5) is 6.85. The zero-order valence-corrected chi connectivity index (χ0v) is 13.1. The van der Waals surface area contributed by atoms with E-state index in [1.807, 2.05) is 24.5 Å². The standard InChI is InChI=1S/C18H21N3O2/c1-3-15(12-20-6-1)18(21-9-2-7-19-8-10-21)14-4-5-16-17(11-14)23-13-22-16/h1,3-6,11-12,18-19H,2,7-10,13H2. The van der Waals surface area contributed by atoms with Gasteiger partial charge in [-0.25, -0.2) is 0 Å². The van der Waals surface area contributed by atoms with E-state index in [1.54, 1.807) is 0 Å². The SMILES string of the molecule is c1cncc(C(c2ccc3c(c2)OCO3)N2CCCNCC2)c1. The Kier molecular flexibility index (Phi) is 4.13. The third kappa shape index (κ3) is 3.02. The van der Waals surface area contributed by atoms with Crippen molar-refractivity contribution in [2.45, 2.75) is 12.5 Å². The van der Waals surface area contributed by atoms with Crippen LogP contribution < -0.4 is 14.8 Å². The first-order chi connectivity index (χ1) is 11.4. The minimum atomic E-state index is 0.193. The van der Waals surface area contributed by atoms with E-state index in [1.165, 1.54) is 11.1 Å². The van der Waals surface area contributed by atoms with Gasteiger partial charge in [-0.1, -0.05) is 12.1 Å². The van der Waals surface area contributed by atoms with Crippen molar-refractivity contribution in [2.75, 3.05) is 33.0 Å². The highest BCUT2D eigenvalue weighted by Gasteiger charge is 2.25. The maximum absolute atomic E-state index is 5.57. The molecule has 2 aliphatic heterocycles. The van der Waals surface area contributed by atoms with Gasteiger partial charge in [0.05, 0.1) is 6.04 Å². The Hall–Kier alpha value is -2.11. The van der Waals surface area contributed by atoms with Gasteiger partial charge in [0.1, 0.15) is 0 Å². The Morgan fingerprint density at radius 3 is 2.91 bits per heavy atom. The zero-order chi connectivity index (χ0) is 15.5. The van der Waals surface area contributed by atoms with E-state index in [4.69, 9.17) is 9.47 Å². The van der Waals surface area contributed by atoms with Crippen LogP contribution in [0.25, 0.3) is 0 Å². The lowest BCUT2D eigenvalue weighted by Crippen LogP contribution is -2.33. The molecule has 0 amide bonds. The summed E-state index contributed by atoms with van der Waals surface area (Å²) < 4.78 is 11.0. The second-order valence-electron chi connectivity index (χ2n) is 5.94. The number of benzene rings is 1. The molecule has 5 nitrogen and oxygen atoms in total. The van der Waals surface area contributed by atoms with Gasteiger partial charge in [-0.05, 0) is 42.3 Å². The molecule has 23 heavy (non-hydrogen) atoms. The van der Waals surface area contributed by atoms with Gasteiger partial charge in [0, 0.05) is 32.0 Å². The van der Waals surface area contributed by atoms with E-state index in [0.29, 0.717) is 6.79 Å². The molecule has 4 rings (SSSR count). The zero-order valence-electron chi connectivity index (χ0n) is 13.1. The minimum Gasteiger partial charge on any atom is -0.454 e. The summed E-state index contributed by atoms with van der Waals surface area (Å²) >= 11 is 0. The van der Waals surface area contributed by atoms with Gasteiger partial charge in [0.15, 0.2) is 11.5 Å². The molecule has 1 atom stereocenters. The fourth-order valence-electron chi connectivity index (χ4n) is 3.36. The second kappa shape index (κ2) is 6.56. The highest BCUT2D eigenvalue weighted by atomic mass is 16.7. The highest BCUT2D eigenvalue weighted by molar-refractivity contribution is 5.47. The topological polar surface area (TPSA) is 46.6 Å². The summed E-state index contributed by atoms with van der Waals surface area (Å²) in [5, 5.41) is 3.47. The number of nitrogens with one attached hydrogen (secondary N) is 1. The molecule has 0 bridgehead atoms. The predicted octanol–water partition coefficient (Wildman–Crippen LogP) is 2.20. The van der Waals surface area contributed by atoms with Gasteiger partial charge >= 0.3 is 0 Å². The summed E-state index contributed by atoms with van der Waals surface area (Å²) in [7, 11) is 0. The van der Waals surface area contributed by atoms with Crippen LogP contribution in [0.1, 0.15) is 23.6 Å². The monoisotopic (exact) mass is 311 g/mol. The summed E-state index contributed by atoms with van der Waals surface area (Å²) in [6.07, 6.45) is 4.94. The van der Waals surface area contributed by atoms with Crippen LogP contribution in [0.2, 0.25) is 0 Å². The van der Waals surface area contributed by atoms with Crippen LogP contribution in [0, 0.1) is 0 Å². The van der Waals surface area contributed by atoms with E-state index in [-0.39, 0.29) is 6.04 Å². The Morgan fingerprint density at radius 1 is 1.04 bits per heavy atom. The molecule has 2 aromatic rings. The van der Waals surface area contributed by atoms with E-state index >= 15 is 0 Å². The average molecular weight is 311 g/mol. The lowest BCUT2D eigenvalue weighted by Gasteiger charge is -2.31. The van der Waals surface area contributed by atoms with E-state index in [0.717, 1.165) is 44.1 Å². The lowest BCUT2D eigenvalue weighted by molar-refractivity contribution is 0.173. The van der Waals surface area contributed by atoms with Gasteiger partial charge in [0.25, 0.3) is 0 Å². The normalized spacial score (nSPS) is 19.3. The molecule has 0 radical (unpaired) electrons. The number of ether oxygens (including phenoxy) is 2. The fraction of sp³-hybridized carbons (Fsp3) is 0.389. The van der Waals surface area contributed by atoms with Crippen molar-refractivity contribution in [3.63, 3.8) is 0 Å². The molecule has 1 aromatic carbocycles. The molecular formula is C18H21N3O2. The molecule has 1 unspecified atom stereocenters.